The van der Waals surface area contributed by atoms with Crippen LogP contribution in [0.4, 0.5) is 8.78 Å². The number of hydrogen-bond acceptors (Lipinski definition) is 4. The minimum atomic E-state index is -2.88. The van der Waals surface area contributed by atoms with Crippen molar-refractivity contribution in [1.29, 1.82) is 0 Å². The van der Waals surface area contributed by atoms with Gasteiger partial charge >= 0.3 is 0 Å². The number of H-pyrrole nitrogens is 1. The third-order valence-electron chi connectivity index (χ3n) is 5.16. The van der Waals surface area contributed by atoms with Gasteiger partial charge in [0.15, 0.2) is 0 Å². The quantitative estimate of drug-likeness (QED) is 0.738. The summed E-state index contributed by atoms with van der Waals surface area (Å²) in [6.45, 7) is 12.2. The highest BCUT2D eigenvalue weighted by molar-refractivity contribution is 5.53. The zero-order chi connectivity index (χ0) is 21.2. The first kappa shape index (κ1) is 20.6. The number of nitrogens with one attached hydrogen (secondary N) is 1. The monoisotopic (exact) mass is 398 g/mol. The molecule has 29 heavy (non-hydrogen) atoms. The molecule has 0 aromatic carbocycles. The number of allylic oxidation sites excluding steroid dienone is 1. The largest absolute Gasteiger partial charge is 0.367 e. The first-order valence-electron chi connectivity index (χ1n) is 9.45. The number of fused-ring (bicyclic) bond motifs is 1. The molecule has 1 N–H and O–H groups in total. The lowest BCUT2D eigenvalue weighted by molar-refractivity contribution is -0.00880. The summed E-state index contributed by atoms with van der Waals surface area (Å²) in [4.78, 5) is 25.1. The van der Waals surface area contributed by atoms with Crippen molar-refractivity contribution in [3.05, 3.63) is 81.5 Å². The summed E-state index contributed by atoms with van der Waals surface area (Å²) in [5.74, 6) is -2.46. The van der Waals surface area contributed by atoms with Crippen molar-refractivity contribution in [2.75, 3.05) is 6.54 Å². The van der Waals surface area contributed by atoms with Crippen molar-refractivity contribution in [2.24, 2.45) is 0 Å². The highest BCUT2D eigenvalue weighted by atomic mass is 19.3. The smallest absolute Gasteiger partial charge is 0.274 e. The second-order valence-corrected chi connectivity index (χ2v) is 7.09. The molecule has 0 aliphatic carbocycles. The fourth-order valence-corrected chi connectivity index (χ4v) is 3.24. The van der Waals surface area contributed by atoms with Crippen LogP contribution in [0.5, 0.6) is 0 Å². The molecule has 0 fully saturated rings. The predicted octanol–water partition coefficient (Wildman–Crippen LogP) is 4.29. The van der Waals surface area contributed by atoms with Gasteiger partial charge in [0.2, 0.25) is 0 Å². The van der Waals surface area contributed by atoms with Crippen LogP contribution in [0.3, 0.4) is 0 Å². The first-order chi connectivity index (χ1) is 13.7. The third kappa shape index (κ3) is 4.34. The maximum absolute atomic E-state index is 14.0. The molecule has 3 rings (SSSR count). The van der Waals surface area contributed by atoms with Gasteiger partial charge in [0.05, 0.1) is 5.56 Å². The third-order valence-corrected chi connectivity index (χ3v) is 5.16. The molecule has 0 amide bonds. The molecule has 0 unspecified atom stereocenters. The Bertz CT molecular complexity index is 1040. The van der Waals surface area contributed by atoms with Crippen molar-refractivity contribution in [2.45, 2.75) is 39.2 Å². The van der Waals surface area contributed by atoms with E-state index in [0.29, 0.717) is 30.9 Å². The normalized spacial score (nSPS) is 14.5. The number of halogens is 2. The number of hydrogen-bond donors (Lipinski definition) is 1. The molecule has 7 heteroatoms. The van der Waals surface area contributed by atoms with Gasteiger partial charge in [-0.15, -0.1) is 0 Å². The minimum Gasteiger partial charge on any atom is -0.367 e. The van der Waals surface area contributed by atoms with E-state index in [2.05, 4.69) is 28.1 Å². The van der Waals surface area contributed by atoms with Crippen LogP contribution < -0.4 is 5.56 Å². The Kier molecular flexibility index (Phi) is 5.77. The first-order valence-corrected chi connectivity index (χ1v) is 9.45. The van der Waals surface area contributed by atoms with Crippen LogP contribution in [0.2, 0.25) is 0 Å². The minimum absolute atomic E-state index is 0.0532. The van der Waals surface area contributed by atoms with Crippen LogP contribution in [-0.2, 0) is 18.9 Å². The van der Waals surface area contributed by atoms with Gasteiger partial charge in [-0.3, -0.25) is 9.78 Å². The fourth-order valence-electron chi connectivity index (χ4n) is 3.24. The van der Waals surface area contributed by atoms with Crippen LogP contribution >= 0.6 is 0 Å². The van der Waals surface area contributed by atoms with Gasteiger partial charge in [-0.1, -0.05) is 26.2 Å². The van der Waals surface area contributed by atoms with Crippen LogP contribution in [-0.4, -0.2) is 26.4 Å². The van der Waals surface area contributed by atoms with E-state index in [0.717, 1.165) is 22.5 Å². The van der Waals surface area contributed by atoms with Gasteiger partial charge in [-0.25, -0.2) is 13.8 Å². The molecule has 0 saturated heterocycles. The van der Waals surface area contributed by atoms with E-state index in [9.17, 15) is 13.6 Å². The molecule has 5 nitrogen and oxygen atoms in total. The number of alkyl halides is 2. The molecule has 0 spiro atoms. The highest BCUT2D eigenvalue weighted by Crippen LogP contribution is 2.33. The molecular formula is C22H24F2N4O. The summed E-state index contributed by atoms with van der Waals surface area (Å²) in [6.07, 6.45) is 6.33. The topological polar surface area (TPSA) is 61.9 Å². The second-order valence-electron chi connectivity index (χ2n) is 7.09. The summed E-state index contributed by atoms with van der Waals surface area (Å²) in [6, 6.07) is 1.55. The Hall–Kier alpha value is -3.09. The molecule has 1 aliphatic rings. The predicted molar refractivity (Wildman–Crippen MR) is 110 cm³/mol. The number of aromatic amines is 1. The maximum Gasteiger partial charge on any atom is 0.274 e. The zero-order valence-electron chi connectivity index (χ0n) is 16.6. The van der Waals surface area contributed by atoms with E-state index in [1.54, 1.807) is 12.1 Å². The van der Waals surface area contributed by atoms with E-state index in [1.165, 1.54) is 25.4 Å². The second kappa shape index (κ2) is 8.11. The molecule has 152 valence electrons. The van der Waals surface area contributed by atoms with Gasteiger partial charge in [0.1, 0.15) is 5.82 Å². The molecule has 1 aliphatic heterocycles. The van der Waals surface area contributed by atoms with Gasteiger partial charge in [0.25, 0.3) is 11.5 Å². The van der Waals surface area contributed by atoms with Crippen LogP contribution in [0.25, 0.3) is 12.2 Å². The molecule has 0 atom stereocenters. The van der Waals surface area contributed by atoms with E-state index in [1.807, 2.05) is 11.8 Å². The van der Waals surface area contributed by atoms with E-state index < -0.39 is 5.92 Å². The summed E-state index contributed by atoms with van der Waals surface area (Å²) in [5.41, 5.74) is 3.29. The summed E-state index contributed by atoms with van der Waals surface area (Å²) < 4.78 is 28.1. The van der Waals surface area contributed by atoms with Crippen LogP contribution in [0.1, 0.15) is 48.5 Å². The molecule has 3 heterocycles. The fraction of sp³-hybridized carbons (Fsp3) is 0.318. The number of aromatic nitrogens is 3. The standard InChI is InChI=1S/C22H24F2N4O/c1-5-16-11-26-20(27-21(16)29)9-14(3)15(4)28-8-7-19-17(13-28)10-18(12-25-19)22(23,24)6-2/h5,9-12H,1,4,6-8,13H2,2-3H3,(H,26,27,29)/b14-9-. The van der Waals surface area contributed by atoms with Crippen molar-refractivity contribution < 1.29 is 8.78 Å². The van der Waals surface area contributed by atoms with Gasteiger partial charge < -0.3 is 9.88 Å². The molecular weight excluding hydrogens is 374 g/mol. The van der Waals surface area contributed by atoms with Crippen molar-refractivity contribution in [3.63, 3.8) is 0 Å². The SMILES string of the molecule is C=Cc1cnc(/C=C(/C)C(=C)N2CCc3ncc(C(F)(F)CC)cc3C2)[nH]c1=O. The van der Waals surface area contributed by atoms with Crippen molar-refractivity contribution >= 4 is 12.2 Å². The van der Waals surface area contributed by atoms with Crippen molar-refractivity contribution in [1.82, 2.24) is 19.9 Å². The molecule has 0 radical (unpaired) electrons. The number of rotatable bonds is 6. The van der Waals surface area contributed by atoms with Gasteiger partial charge in [-0.2, -0.15) is 0 Å². The average molecular weight is 398 g/mol. The van der Waals surface area contributed by atoms with E-state index in [4.69, 9.17) is 0 Å². The summed E-state index contributed by atoms with van der Waals surface area (Å²) in [7, 11) is 0. The van der Waals surface area contributed by atoms with Crippen molar-refractivity contribution in [3.8, 4) is 0 Å². The Morgan fingerprint density at radius 1 is 1.38 bits per heavy atom. The summed E-state index contributed by atoms with van der Waals surface area (Å²) >= 11 is 0. The lowest BCUT2D eigenvalue weighted by Gasteiger charge is -2.32. The van der Waals surface area contributed by atoms with E-state index in [-0.39, 0.29) is 17.5 Å². The molecule has 0 saturated carbocycles. The van der Waals surface area contributed by atoms with E-state index >= 15 is 0 Å². The zero-order valence-corrected chi connectivity index (χ0v) is 16.6. The Morgan fingerprint density at radius 2 is 2.14 bits per heavy atom. The van der Waals surface area contributed by atoms with Crippen LogP contribution in [0, 0.1) is 0 Å². The maximum atomic E-state index is 14.0. The molecule has 0 bridgehead atoms. The molecule has 2 aromatic rings. The van der Waals surface area contributed by atoms with Crippen LogP contribution in [0.15, 0.2) is 47.7 Å². The highest BCUT2D eigenvalue weighted by Gasteiger charge is 2.31. The molecule has 2 aromatic heterocycles. The number of nitrogens with zero attached hydrogens (tertiary/aromatic N) is 3. The Balaban J connectivity index is 1.81. The van der Waals surface area contributed by atoms with Gasteiger partial charge in [-0.05, 0) is 30.2 Å². The summed E-state index contributed by atoms with van der Waals surface area (Å²) in [5, 5.41) is 0. The number of pyridine rings is 1. The Labute approximate surface area is 168 Å². The lowest BCUT2D eigenvalue weighted by atomic mass is 9.99. The van der Waals surface area contributed by atoms with Gasteiger partial charge in [0, 0.05) is 55.3 Å². The Morgan fingerprint density at radius 3 is 2.79 bits per heavy atom. The average Bonchev–Trinajstić information content (AvgIpc) is 2.72. The lowest BCUT2D eigenvalue weighted by Crippen LogP contribution is -2.31.